The Balaban J connectivity index is 2.10. The number of carbonyl (C=O) groups is 2. The molecule has 1 unspecified atom stereocenters. The number of hydrogen-bond acceptors (Lipinski definition) is 6. The van der Waals surface area contributed by atoms with E-state index in [4.69, 9.17) is 9.47 Å². The van der Waals surface area contributed by atoms with Crippen molar-refractivity contribution in [1.82, 2.24) is 0 Å². The summed E-state index contributed by atoms with van der Waals surface area (Å²) in [5.74, 6) is -0.459. The van der Waals surface area contributed by atoms with Crippen LogP contribution >= 0.6 is 0 Å². The van der Waals surface area contributed by atoms with Gasteiger partial charge in [0, 0.05) is 17.8 Å². The molecule has 8 heteroatoms. The minimum atomic E-state index is -0.730. The number of benzene rings is 2. The summed E-state index contributed by atoms with van der Waals surface area (Å²) in [7, 11) is 1.26. The predicted molar refractivity (Wildman–Crippen MR) is 88.1 cm³/mol. The van der Waals surface area contributed by atoms with E-state index in [9.17, 15) is 19.7 Å². The van der Waals surface area contributed by atoms with Crippen LogP contribution < -0.4 is 9.64 Å². The van der Waals surface area contributed by atoms with Crippen LogP contribution in [0, 0.1) is 10.1 Å². The first-order chi connectivity index (χ1) is 11.9. The zero-order chi connectivity index (χ0) is 18.1. The Bertz CT molecular complexity index is 862. The van der Waals surface area contributed by atoms with Gasteiger partial charge in [-0.05, 0) is 37.3 Å². The van der Waals surface area contributed by atoms with Crippen molar-refractivity contribution in [3.63, 3.8) is 0 Å². The normalized spacial score (nSPS) is 16.0. The molecular formula is C17H14N2O6. The number of carbonyl (C=O) groups excluding carboxylic acids is 2. The molecule has 25 heavy (non-hydrogen) atoms. The molecule has 1 heterocycles. The largest absolute Gasteiger partial charge is 0.479 e. The second-order valence-corrected chi connectivity index (χ2v) is 5.38. The first kappa shape index (κ1) is 16.4. The van der Waals surface area contributed by atoms with Crippen LogP contribution in [0.2, 0.25) is 0 Å². The molecule has 128 valence electrons. The van der Waals surface area contributed by atoms with E-state index in [1.807, 2.05) is 0 Å². The Kier molecular flexibility index (Phi) is 4.10. The van der Waals surface area contributed by atoms with E-state index < -0.39 is 17.0 Å². The van der Waals surface area contributed by atoms with Gasteiger partial charge in [-0.1, -0.05) is 0 Å². The summed E-state index contributed by atoms with van der Waals surface area (Å²) < 4.78 is 10.3. The van der Waals surface area contributed by atoms with Crippen molar-refractivity contribution in [3.05, 3.63) is 58.1 Å². The van der Waals surface area contributed by atoms with E-state index >= 15 is 0 Å². The van der Waals surface area contributed by atoms with Gasteiger partial charge in [0.1, 0.15) is 5.75 Å². The van der Waals surface area contributed by atoms with Crippen LogP contribution in [0.15, 0.2) is 42.5 Å². The van der Waals surface area contributed by atoms with Crippen molar-refractivity contribution in [1.29, 1.82) is 0 Å². The maximum absolute atomic E-state index is 12.6. The quantitative estimate of drug-likeness (QED) is 0.483. The summed E-state index contributed by atoms with van der Waals surface area (Å²) in [5.41, 5.74) is 0.994. The highest BCUT2D eigenvalue weighted by molar-refractivity contribution is 6.07. The van der Waals surface area contributed by atoms with Gasteiger partial charge in [-0.3, -0.25) is 19.8 Å². The molecule has 1 atom stereocenters. The Morgan fingerprint density at radius 3 is 2.52 bits per heavy atom. The monoisotopic (exact) mass is 342 g/mol. The molecule has 0 bridgehead atoms. The molecule has 8 nitrogen and oxygen atoms in total. The van der Waals surface area contributed by atoms with Gasteiger partial charge in [-0.25, -0.2) is 4.79 Å². The summed E-state index contributed by atoms with van der Waals surface area (Å²) in [5, 5.41) is 10.8. The molecule has 0 fully saturated rings. The standard InChI is InChI=1S/C17H14N2O6/c1-10-16(20)18(12-4-6-13(7-5-12)19(22)23)14-9-11(17(21)24-2)3-8-15(14)25-10/h3-10H,1-2H3. The van der Waals surface area contributed by atoms with E-state index in [1.54, 1.807) is 19.1 Å². The van der Waals surface area contributed by atoms with Gasteiger partial charge in [-0.15, -0.1) is 0 Å². The second kappa shape index (κ2) is 6.23. The Hall–Kier alpha value is -3.42. The van der Waals surface area contributed by atoms with Crippen molar-refractivity contribution in [2.75, 3.05) is 12.0 Å². The van der Waals surface area contributed by atoms with E-state index in [2.05, 4.69) is 0 Å². The topological polar surface area (TPSA) is 99.0 Å². The van der Waals surface area contributed by atoms with E-state index in [-0.39, 0.29) is 17.2 Å². The van der Waals surface area contributed by atoms with Gasteiger partial charge in [0.2, 0.25) is 0 Å². The van der Waals surface area contributed by atoms with Crippen LogP contribution in [0.25, 0.3) is 0 Å². The fourth-order valence-corrected chi connectivity index (χ4v) is 2.57. The maximum Gasteiger partial charge on any atom is 0.337 e. The van der Waals surface area contributed by atoms with Gasteiger partial charge < -0.3 is 9.47 Å². The summed E-state index contributed by atoms with van der Waals surface area (Å²) in [6.45, 7) is 1.61. The molecule has 0 aliphatic carbocycles. The van der Waals surface area contributed by atoms with Crippen molar-refractivity contribution in [2.45, 2.75) is 13.0 Å². The minimum Gasteiger partial charge on any atom is -0.479 e. The van der Waals surface area contributed by atoms with Crippen LogP contribution in [0.4, 0.5) is 17.1 Å². The third-order valence-corrected chi connectivity index (χ3v) is 3.81. The number of nitrogens with zero attached hydrogens (tertiary/aromatic N) is 2. The number of anilines is 2. The van der Waals surface area contributed by atoms with Gasteiger partial charge in [0.25, 0.3) is 11.6 Å². The van der Waals surface area contributed by atoms with Crippen LogP contribution in [-0.4, -0.2) is 30.0 Å². The average Bonchev–Trinajstić information content (AvgIpc) is 2.62. The van der Waals surface area contributed by atoms with E-state index in [1.165, 1.54) is 42.3 Å². The first-order valence-electron chi connectivity index (χ1n) is 7.40. The highest BCUT2D eigenvalue weighted by Gasteiger charge is 2.33. The van der Waals surface area contributed by atoms with Crippen LogP contribution in [0.3, 0.4) is 0 Å². The van der Waals surface area contributed by atoms with Gasteiger partial charge >= 0.3 is 5.97 Å². The van der Waals surface area contributed by atoms with E-state index in [0.29, 0.717) is 17.1 Å². The number of non-ortho nitro benzene ring substituents is 1. The zero-order valence-electron chi connectivity index (χ0n) is 13.5. The maximum atomic E-state index is 12.6. The molecule has 0 saturated heterocycles. The lowest BCUT2D eigenvalue weighted by Crippen LogP contribution is -2.41. The number of amides is 1. The predicted octanol–water partition coefficient (Wildman–Crippen LogP) is 2.83. The molecule has 0 N–H and O–H groups in total. The number of hydrogen-bond donors (Lipinski definition) is 0. The summed E-state index contributed by atoms with van der Waals surface area (Å²) in [6, 6.07) is 10.2. The number of methoxy groups -OCH3 is 1. The molecule has 0 saturated carbocycles. The van der Waals surface area contributed by atoms with Crippen molar-refractivity contribution >= 4 is 28.9 Å². The first-order valence-corrected chi connectivity index (χ1v) is 7.40. The molecule has 0 spiro atoms. The molecular weight excluding hydrogens is 328 g/mol. The molecule has 0 radical (unpaired) electrons. The highest BCUT2D eigenvalue weighted by atomic mass is 16.6. The highest BCUT2D eigenvalue weighted by Crippen LogP contribution is 2.40. The molecule has 2 aromatic rings. The summed E-state index contributed by atoms with van der Waals surface area (Å²) >= 11 is 0. The SMILES string of the molecule is COC(=O)c1ccc2c(c1)N(c1ccc([N+](=O)[O-])cc1)C(=O)C(C)O2. The van der Waals surface area contributed by atoms with Crippen LogP contribution in [-0.2, 0) is 9.53 Å². The van der Waals surface area contributed by atoms with Gasteiger partial charge in [-0.2, -0.15) is 0 Å². The van der Waals surface area contributed by atoms with Gasteiger partial charge in [0.15, 0.2) is 6.10 Å². The smallest absolute Gasteiger partial charge is 0.337 e. The van der Waals surface area contributed by atoms with Crippen molar-refractivity contribution < 1.29 is 24.0 Å². The molecule has 1 aliphatic rings. The lowest BCUT2D eigenvalue weighted by molar-refractivity contribution is -0.384. The lowest BCUT2D eigenvalue weighted by atomic mass is 10.1. The average molecular weight is 342 g/mol. The summed E-state index contributed by atoms with van der Waals surface area (Å²) in [4.78, 5) is 36.0. The fraction of sp³-hybridized carbons (Fsp3) is 0.176. The number of nitro benzene ring substituents is 1. The van der Waals surface area contributed by atoms with E-state index in [0.717, 1.165) is 0 Å². The van der Waals surface area contributed by atoms with Crippen molar-refractivity contribution in [2.24, 2.45) is 0 Å². The fourth-order valence-electron chi connectivity index (χ4n) is 2.57. The molecule has 1 aliphatic heterocycles. The molecule has 1 amide bonds. The third-order valence-electron chi connectivity index (χ3n) is 3.81. The van der Waals surface area contributed by atoms with Crippen LogP contribution in [0.1, 0.15) is 17.3 Å². The Morgan fingerprint density at radius 2 is 1.92 bits per heavy atom. The van der Waals surface area contributed by atoms with Gasteiger partial charge in [0.05, 0.1) is 23.3 Å². The molecule has 2 aromatic carbocycles. The molecule has 0 aromatic heterocycles. The number of fused-ring (bicyclic) bond motifs is 1. The zero-order valence-corrected chi connectivity index (χ0v) is 13.5. The Morgan fingerprint density at radius 1 is 1.24 bits per heavy atom. The number of nitro groups is 1. The lowest BCUT2D eigenvalue weighted by Gasteiger charge is -2.33. The second-order valence-electron chi connectivity index (χ2n) is 5.38. The number of rotatable bonds is 3. The van der Waals surface area contributed by atoms with Crippen molar-refractivity contribution in [3.8, 4) is 5.75 Å². The minimum absolute atomic E-state index is 0.0824. The number of ether oxygens (including phenoxy) is 2. The third kappa shape index (κ3) is 2.89. The number of esters is 1. The Labute approximate surface area is 142 Å². The van der Waals surface area contributed by atoms with Crippen LogP contribution in [0.5, 0.6) is 5.75 Å². The summed E-state index contributed by atoms with van der Waals surface area (Å²) in [6.07, 6.45) is -0.730. The molecule has 3 rings (SSSR count).